The molecule has 4 aromatic carbocycles. The van der Waals surface area contributed by atoms with E-state index in [0.29, 0.717) is 22.2 Å². The molecule has 0 saturated carbocycles. The van der Waals surface area contributed by atoms with Gasteiger partial charge in [-0.15, -0.1) is 23.1 Å². The van der Waals surface area contributed by atoms with E-state index in [1.165, 1.54) is 52.9 Å². The van der Waals surface area contributed by atoms with Crippen molar-refractivity contribution in [2.75, 3.05) is 10.6 Å². The second-order valence-corrected chi connectivity index (χ2v) is 13.1. The van der Waals surface area contributed by atoms with Crippen LogP contribution in [0.2, 0.25) is 0 Å². The number of fused-ring (bicyclic) bond motifs is 1. The standard InChI is InChI=1S/C36H28N4O4S2/c37-22-31-30-19-16-26(23-8-3-1-4-9-23)20-32(30)46-36(31)39-35(42)33(24-10-5-2-6-11-24)45-29-13-7-12-27(21-29)38-34(41)25-14-17-28(18-15-25)40(43)44/h1-15,17-18,21,26,33H,16,19-20H2,(H,38,41)(H,39,42). The van der Waals surface area contributed by atoms with Gasteiger partial charge in [0.2, 0.25) is 5.91 Å². The van der Waals surface area contributed by atoms with Crippen LogP contribution in [0.5, 0.6) is 0 Å². The third-order valence-electron chi connectivity index (χ3n) is 7.91. The lowest BCUT2D eigenvalue weighted by atomic mass is 9.83. The van der Waals surface area contributed by atoms with Crippen LogP contribution in [0.15, 0.2) is 114 Å². The molecule has 0 fully saturated rings. The number of hydrogen-bond acceptors (Lipinski definition) is 7. The lowest BCUT2D eigenvalue weighted by Gasteiger charge is -2.22. The zero-order chi connectivity index (χ0) is 32.0. The summed E-state index contributed by atoms with van der Waals surface area (Å²) in [6.45, 7) is 0. The molecule has 2 amide bonds. The Morgan fingerprint density at radius 1 is 0.935 bits per heavy atom. The van der Waals surface area contributed by atoms with Crippen LogP contribution in [0.4, 0.5) is 16.4 Å². The van der Waals surface area contributed by atoms with E-state index < -0.39 is 16.1 Å². The van der Waals surface area contributed by atoms with Gasteiger partial charge in [0.05, 0.1) is 10.5 Å². The molecule has 6 rings (SSSR count). The Bertz CT molecular complexity index is 1940. The van der Waals surface area contributed by atoms with E-state index in [-0.39, 0.29) is 17.2 Å². The molecular weight excluding hydrogens is 617 g/mol. The molecule has 5 aromatic rings. The smallest absolute Gasteiger partial charge is 0.269 e. The van der Waals surface area contributed by atoms with Gasteiger partial charge in [0.25, 0.3) is 11.6 Å². The molecule has 0 bridgehead atoms. The van der Waals surface area contributed by atoms with Crippen LogP contribution in [0.1, 0.15) is 55.1 Å². The highest BCUT2D eigenvalue weighted by molar-refractivity contribution is 8.00. The number of nitrogens with one attached hydrogen (secondary N) is 2. The average Bonchev–Trinajstić information content (AvgIpc) is 3.44. The largest absolute Gasteiger partial charge is 0.322 e. The molecule has 46 heavy (non-hydrogen) atoms. The van der Waals surface area contributed by atoms with Crippen molar-refractivity contribution >= 4 is 51.3 Å². The van der Waals surface area contributed by atoms with Gasteiger partial charge < -0.3 is 10.6 Å². The van der Waals surface area contributed by atoms with E-state index in [1.807, 2.05) is 42.5 Å². The van der Waals surface area contributed by atoms with Gasteiger partial charge in [-0.1, -0.05) is 66.7 Å². The van der Waals surface area contributed by atoms with Gasteiger partial charge in [-0.05, 0) is 72.2 Å². The molecule has 2 atom stereocenters. The summed E-state index contributed by atoms with van der Waals surface area (Å²) >= 11 is 2.83. The minimum absolute atomic E-state index is 0.0961. The summed E-state index contributed by atoms with van der Waals surface area (Å²) in [6, 6.07) is 34.8. The van der Waals surface area contributed by atoms with Gasteiger partial charge in [-0.2, -0.15) is 5.26 Å². The number of carbonyl (C=O) groups is 2. The Morgan fingerprint density at radius 2 is 1.65 bits per heavy atom. The highest BCUT2D eigenvalue weighted by atomic mass is 32.2. The van der Waals surface area contributed by atoms with Crippen LogP contribution in [0.3, 0.4) is 0 Å². The summed E-state index contributed by atoms with van der Waals surface area (Å²) in [5.74, 6) is -0.274. The SMILES string of the molecule is N#Cc1c(NC(=O)C(Sc2cccc(NC(=O)c3ccc([N+](=O)[O-])cc3)c2)c2ccccc2)sc2c1CCC(c1ccccc1)C2. The first-order valence-corrected chi connectivity index (χ1v) is 16.4. The molecule has 228 valence electrons. The number of non-ortho nitro benzene ring substituents is 1. The lowest BCUT2D eigenvalue weighted by Crippen LogP contribution is -2.19. The maximum Gasteiger partial charge on any atom is 0.269 e. The van der Waals surface area contributed by atoms with Crippen LogP contribution in [0, 0.1) is 21.4 Å². The molecule has 1 heterocycles. The molecule has 0 spiro atoms. The van der Waals surface area contributed by atoms with Crippen LogP contribution in [-0.4, -0.2) is 16.7 Å². The van der Waals surface area contributed by atoms with Gasteiger partial charge in [0.1, 0.15) is 16.3 Å². The summed E-state index contributed by atoms with van der Waals surface area (Å²) < 4.78 is 0. The number of nitro groups is 1. The molecule has 0 saturated heterocycles. The van der Waals surface area contributed by atoms with Crippen molar-refractivity contribution in [3.63, 3.8) is 0 Å². The molecule has 2 unspecified atom stereocenters. The number of anilines is 2. The maximum atomic E-state index is 14.0. The van der Waals surface area contributed by atoms with Gasteiger partial charge in [0, 0.05) is 33.2 Å². The third kappa shape index (κ3) is 6.86. The molecule has 0 radical (unpaired) electrons. The summed E-state index contributed by atoms with van der Waals surface area (Å²) in [6.07, 6.45) is 2.58. The van der Waals surface area contributed by atoms with E-state index in [4.69, 9.17) is 0 Å². The highest BCUT2D eigenvalue weighted by Gasteiger charge is 2.29. The van der Waals surface area contributed by atoms with Crippen molar-refractivity contribution in [1.82, 2.24) is 0 Å². The van der Waals surface area contributed by atoms with Crippen LogP contribution in [0.25, 0.3) is 0 Å². The molecule has 2 N–H and O–H groups in total. The van der Waals surface area contributed by atoms with E-state index >= 15 is 0 Å². The molecule has 10 heteroatoms. The van der Waals surface area contributed by atoms with Gasteiger partial charge in [-0.3, -0.25) is 19.7 Å². The number of nitriles is 1. The predicted octanol–water partition coefficient (Wildman–Crippen LogP) is 8.52. The number of carbonyl (C=O) groups excluding carboxylic acids is 2. The van der Waals surface area contributed by atoms with Crippen molar-refractivity contribution in [2.45, 2.75) is 35.3 Å². The van der Waals surface area contributed by atoms with Gasteiger partial charge in [0.15, 0.2) is 0 Å². The summed E-state index contributed by atoms with van der Waals surface area (Å²) in [5, 5.41) is 26.9. The normalized spacial score (nSPS) is 14.4. The molecule has 1 aliphatic carbocycles. The van der Waals surface area contributed by atoms with Crippen molar-refractivity contribution in [1.29, 1.82) is 5.26 Å². The number of nitro benzene ring substituents is 1. The Hall–Kier alpha value is -5.24. The van der Waals surface area contributed by atoms with Crippen molar-refractivity contribution in [3.05, 3.63) is 152 Å². The second kappa shape index (κ2) is 13.8. The minimum atomic E-state index is -0.635. The minimum Gasteiger partial charge on any atom is -0.322 e. The quantitative estimate of drug-likeness (QED) is 0.0941. The number of hydrogen-bond donors (Lipinski definition) is 2. The first-order chi connectivity index (χ1) is 22.4. The summed E-state index contributed by atoms with van der Waals surface area (Å²) in [5.41, 5.74) is 4.38. The number of thioether (sulfide) groups is 1. The van der Waals surface area contributed by atoms with Crippen molar-refractivity contribution in [3.8, 4) is 6.07 Å². The summed E-state index contributed by atoms with van der Waals surface area (Å²) in [4.78, 5) is 39.1. The Labute approximate surface area is 274 Å². The first-order valence-electron chi connectivity index (χ1n) is 14.7. The molecule has 1 aliphatic rings. The fraction of sp³-hybridized carbons (Fsp3) is 0.139. The number of amides is 2. The number of nitrogens with zero attached hydrogens (tertiary/aromatic N) is 2. The van der Waals surface area contributed by atoms with Gasteiger partial charge in [-0.25, -0.2) is 0 Å². The van der Waals surface area contributed by atoms with E-state index in [1.54, 1.807) is 18.2 Å². The van der Waals surface area contributed by atoms with Crippen LogP contribution < -0.4 is 10.6 Å². The van der Waals surface area contributed by atoms with Crippen molar-refractivity contribution < 1.29 is 14.5 Å². The first kappa shape index (κ1) is 30.8. The van der Waals surface area contributed by atoms with E-state index in [9.17, 15) is 25.0 Å². The van der Waals surface area contributed by atoms with Crippen molar-refractivity contribution in [2.24, 2.45) is 0 Å². The third-order valence-corrected chi connectivity index (χ3v) is 10.3. The van der Waals surface area contributed by atoms with E-state index in [0.717, 1.165) is 40.2 Å². The van der Waals surface area contributed by atoms with E-state index in [2.05, 4.69) is 41.0 Å². The monoisotopic (exact) mass is 644 g/mol. The Kier molecular flexibility index (Phi) is 9.24. The number of benzene rings is 4. The zero-order valence-electron chi connectivity index (χ0n) is 24.5. The highest BCUT2D eigenvalue weighted by Crippen LogP contribution is 2.43. The topological polar surface area (TPSA) is 125 Å². The molecular formula is C36H28N4O4S2. The Morgan fingerprint density at radius 3 is 2.35 bits per heavy atom. The van der Waals surface area contributed by atoms with Gasteiger partial charge >= 0.3 is 0 Å². The molecule has 0 aliphatic heterocycles. The Balaban J connectivity index is 1.21. The fourth-order valence-corrected chi connectivity index (χ4v) is 7.97. The van der Waals surface area contributed by atoms with Crippen LogP contribution >= 0.6 is 23.1 Å². The predicted molar refractivity (Wildman–Crippen MR) is 181 cm³/mol. The zero-order valence-corrected chi connectivity index (χ0v) is 26.1. The maximum absolute atomic E-state index is 14.0. The lowest BCUT2D eigenvalue weighted by molar-refractivity contribution is -0.384. The number of rotatable bonds is 9. The fourth-order valence-electron chi connectivity index (χ4n) is 5.60. The van der Waals surface area contributed by atoms with Crippen LogP contribution in [-0.2, 0) is 17.6 Å². The molecule has 1 aromatic heterocycles. The average molecular weight is 645 g/mol. The molecule has 8 nitrogen and oxygen atoms in total. The second-order valence-electron chi connectivity index (χ2n) is 10.9. The number of thiophene rings is 1. The summed E-state index contributed by atoms with van der Waals surface area (Å²) in [7, 11) is 0.